The molecule has 0 bridgehead atoms. The van der Waals surface area contributed by atoms with Crippen LogP contribution in [0.5, 0.6) is 0 Å². The summed E-state index contributed by atoms with van der Waals surface area (Å²) in [6.45, 7) is 2.42. The van der Waals surface area contributed by atoms with Crippen LogP contribution in [0.1, 0.15) is 37.2 Å². The topological polar surface area (TPSA) is 97.2 Å². The Bertz CT molecular complexity index is 864. The molecule has 2 aromatic rings. The van der Waals surface area contributed by atoms with E-state index < -0.39 is 5.69 Å². The predicted molar refractivity (Wildman–Crippen MR) is 93.9 cm³/mol. The first-order valence-corrected chi connectivity index (χ1v) is 8.56. The van der Waals surface area contributed by atoms with Crippen LogP contribution in [-0.2, 0) is 22.7 Å². The molecular weight excluding hydrogens is 334 g/mol. The summed E-state index contributed by atoms with van der Waals surface area (Å²) >= 11 is 0. The lowest BCUT2D eigenvalue weighted by Gasteiger charge is -2.25. The predicted octanol–water partition coefficient (Wildman–Crippen LogP) is 0.638. The van der Waals surface area contributed by atoms with Gasteiger partial charge in [-0.15, -0.1) is 0 Å². The molecule has 2 aromatic heterocycles. The van der Waals surface area contributed by atoms with Crippen LogP contribution in [0.2, 0.25) is 0 Å². The number of nitrogens with one attached hydrogen (secondary N) is 1. The number of hydrogen-bond acceptors (Lipinski definition) is 5. The lowest BCUT2D eigenvalue weighted by atomic mass is 10.1. The van der Waals surface area contributed by atoms with Crippen LogP contribution in [0.25, 0.3) is 0 Å². The van der Waals surface area contributed by atoms with Gasteiger partial charge in [-0.3, -0.25) is 19.1 Å². The standard InChI is InChI=1S/C18H21N5O3/c1-13(24)20-11-14-5-2-6-15(21-14)16-7-3-10-23(16)17(25)12-22-9-4-8-19-18(22)26/h2,4-6,8-9,16H,3,7,10-12H2,1H3,(H,20,24)/t16-/m1/s1. The van der Waals surface area contributed by atoms with Crippen molar-refractivity contribution in [2.45, 2.75) is 38.9 Å². The Morgan fingerprint density at radius 1 is 1.31 bits per heavy atom. The molecule has 0 aliphatic carbocycles. The number of nitrogens with zero attached hydrogens (tertiary/aromatic N) is 4. The van der Waals surface area contributed by atoms with E-state index in [9.17, 15) is 14.4 Å². The van der Waals surface area contributed by atoms with Crippen LogP contribution in [0.4, 0.5) is 0 Å². The van der Waals surface area contributed by atoms with Gasteiger partial charge in [0.2, 0.25) is 11.8 Å². The molecule has 0 radical (unpaired) electrons. The van der Waals surface area contributed by atoms with Gasteiger partial charge in [0.25, 0.3) is 0 Å². The van der Waals surface area contributed by atoms with Crippen LogP contribution >= 0.6 is 0 Å². The van der Waals surface area contributed by atoms with Gasteiger partial charge < -0.3 is 10.2 Å². The van der Waals surface area contributed by atoms with E-state index in [1.54, 1.807) is 17.2 Å². The molecule has 0 spiro atoms. The maximum absolute atomic E-state index is 12.7. The minimum absolute atomic E-state index is 0.0330. The highest BCUT2D eigenvalue weighted by Gasteiger charge is 2.31. The number of aromatic nitrogens is 3. The van der Waals surface area contributed by atoms with Gasteiger partial charge >= 0.3 is 5.69 Å². The van der Waals surface area contributed by atoms with Gasteiger partial charge in [0.1, 0.15) is 6.54 Å². The fraction of sp³-hybridized carbons (Fsp3) is 0.389. The Labute approximate surface area is 150 Å². The minimum Gasteiger partial charge on any atom is -0.351 e. The number of likely N-dealkylation sites (tertiary alicyclic amines) is 1. The monoisotopic (exact) mass is 355 g/mol. The van der Waals surface area contributed by atoms with Crippen LogP contribution in [-0.4, -0.2) is 37.8 Å². The molecule has 0 saturated carbocycles. The number of carbonyl (C=O) groups excluding carboxylic acids is 2. The molecule has 1 aliphatic heterocycles. The minimum atomic E-state index is -0.438. The average molecular weight is 355 g/mol. The SMILES string of the molecule is CC(=O)NCc1cccc([C@H]2CCCN2C(=O)Cn2cccnc2=O)n1. The third kappa shape index (κ3) is 4.14. The van der Waals surface area contributed by atoms with Gasteiger partial charge in [0, 0.05) is 25.9 Å². The molecule has 3 heterocycles. The Kier molecular flexibility index (Phi) is 5.40. The van der Waals surface area contributed by atoms with Crippen molar-refractivity contribution in [2.24, 2.45) is 0 Å². The number of pyridine rings is 1. The van der Waals surface area contributed by atoms with E-state index in [0.29, 0.717) is 13.1 Å². The summed E-state index contributed by atoms with van der Waals surface area (Å²) in [6, 6.07) is 7.13. The summed E-state index contributed by atoms with van der Waals surface area (Å²) in [6.07, 6.45) is 4.68. The molecule has 1 fully saturated rings. The number of amides is 2. The smallest absolute Gasteiger partial charge is 0.347 e. The normalized spacial score (nSPS) is 16.5. The number of hydrogen-bond donors (Lipinski definition) is 1. The largest absolute Gasteiger partial charge is 0.351 e. The van der Waals surface area contributed by atoms with Crippen molar-refractivity contribution in [3.05, 3.63) is 58.5 Å². The van der Waals surface area contributed by atoms with E-state index in [-0.39, 0.29) is 24.4 Å². The second kappa shape index (κ2) is 7.90. The summed E-state index contributed by atoms with van der Waals surface area (Å²) in [7, 11) is 0. The van der Waals surface area contributed by atoms with Gasteiger partial charge in [0.05, 0.1) is 24.0 Å². The van der Waals surface area contributed by atoms with E-state index in [1.807, 2.05) is 18.2 Å². The van der Waals surface area contributed by atoms with E-state index >= 15 is 0 Å². The Morgan fingerprint density at radius 3 is 2.92 bits per heavy atom. The highest BCUT2D eigenvalue weighted by Crippen LogP contribution is 2.31. The second-order valence-electron chi connectivity index (χ2n) is 6.24. The molecule has 26 heavy (non-hydrogen) atoms. The van der Waals surface area contributed by atoms with Gasteiger partial charge in [-0.25, -0.2) is 9.78 Å². The van der Waals surface area contributed by atoms with Crippen molar-refractivity contribution in [2.75, 3.05) is 6.54 Å². The molecule has 136 valence electrons. The van der Waals surface area contributed by atoms with Crippen molar-refractivity contribution >= 4 is 11.8 Å². The van der Waals surface area contributed by atoms with E-state index in [1.165, 1.54) is 17.7 Å². The van der Waals surface area contributed by atoms with Crippen molar-refractivity contribution in [1.82, 2.24) is 24.8 Å². The number of carbonyl (C=O) groups is 2. The average Bonchev–Trinajstić information content (AvgIpc) is 3.12. The fourth-order valence-electron chi connectivity index (χ4n) is 3.11. The Morgan fingerprint density at radius 2 is 2.15 bits per heavy atom. The highest BCUT2D eigenvalue weighted by molar-refractivity contribution is 5.76. The van der Waals surface area contributed by atoms with Gasteiger partial charge in [-0.05, 0) is 31.0 Å². The van der Waals surface area contributed by atoms with E-state index in [0.717, 1.165) is 24.2 Å². The zero-order valence-corrected chi connectivity index (χ0v) is 14.6. The molecule has 0 unspecified atom stereocenters. The molecular formula is C18H21N5O3. The summed E-state index contributed by atoms with van der Waals surface area (Å²) in [4.78, 5) is 45.5. The molecule has 2 amide bonds. The fourth-order valence-corrected chi connectivity index (χ4v) is 3.11. The first kappa shape index (κ1) is 17.8. The first-order valence-electron chi connectivity index (χ1n) is 8.56. The summed E-state index contributed by atoms with van der Waals surface area (Å²) in [5.74, 6) is -0.242. The van der Waals surface area contributed by atoms with Crippen molar-refractivity contribution in [3.8, 4) is 0 Å². The first-order chi connectivity index (χ1) is 12.5. The van der Waals surface area contributed by atoms with Gasteiger partial charge in [0.15, 0.2) is 0 Å². The zero-order valence-electron chi connectivity index (χ0n) is 14.6. The molecule has 8 nitrogen and oxygen atoms in total. The van der Waals surface area contributed by atoms with Crippen molar-refractivity contribution < 1.29 is 9.59 Å². The summed E-state index contributed by atoms with van der Waals surface area (Å²) in [5, 5.41) is 2.73. The lowest BCUT2D eigenvalue weighted by Crippen LogP contribution is -2.36. The quantitative estimate of drug-likeness (QED) is 0.849. The molecule has 1 aliphatic rings. The molecule has 8 heteroatoms. The Balaban J connectivity index is 1.74. The van der Waals surface area contributed by atoms with Crippen LogP contribution in [0.3, 0.4) is 0 Å². The third-order valence-electron chi connectivity index (χ3n) is 4.35. The number of rotatable bonds is 5. The van der Waals surface area contributed by atoms with Gasteiger partial charge in [-0.2, -0.15) is 0 Å². The maximum Gasteiger partial charge on any atom is 0.347 e. The van der Waals surface area contributed by atoms with Crippen LogP contribution in [0, 0.1) is 0 Å². The summed E-state index contributed by atoms with van der Waals surface area (Å²) < 4.78 is 1.30. The van der Waals surface area contributed by atoms with Crippen molar-refractivity contribution in [1.29, 1.82) is 0 Å². The van der Waals surface area contributed by atoms with Crippen LogP contribution < -0.4 is 11.0 Å². The summed E-state index contributed by atoms with van der Waals surface area (Å²) in [5.41, 5.74) is 1.12. The Hall–Kier alpha value is -3.03. The molecule has 1 atom stereocenters. The lowest BCUT2D eigenvalue weighted by molar-refractivity contribution is -0.133. The molecule has 1 saturated heterocycles. The zero-order chi connectivity index (χ0) is 18.5. The highest BCUT2D eigenvalue weighted by atomic mass is 16.2. The maximum atomic E-state index is 12.7. The molecule has 3 rings (SSSR count). The van der Waals surface area contributed by atoms with Crippen LogP contribution in [0.15, 0.2) is 41.5 Å². The van der Waals surface area contributed by atoms with E-state index in [4.69, 9.17) is 0 Å². The third-order valence-corrected chi connectivity index (χ3v) is 4.35. The second-order valence-corrected chi connectivity index (χ2v) is 6.24. The van der Waals surface area contributed by atoms with Crippen molar-refractivity contribution in [3.63, 3.8) is 0 Å². The van der Waals surface area contributed by atoms with Gasteiger partial charge in [-0.1, -0.05) is 6.07 Å². The molecule has 0 aromatic carbocycles. The van der Waals surface area contributed by atoms with E-state index in [2.05, 4.69) is 15.3 Å². The molecule has 1 N–H and O–H groups in total.